The Hall–Kier alpha value is -1.85. The van der Waals surface area contributed by atoms with Gasteiger partial charge < -0.3 is 10.2 Å². The van der Waals surface area contributed by atoms with Crippen LogP contribution in [0, 0.1) is 0 Å². The summed E-state index contributed by atoms with van der Waals surface area (Å²) in [5.41, 5.74) is 1.43. The van der Waals surface area contributed by atoms with Crippen molar-refractivity contribution in [3.63, 3.8) is 0 Å². The molecule has 2 amide bonds. The van der Waals surface area contributed by atoms with Crippen molar-refractivity contribution in [3.8, 4) is 0 Å². The highest BCUT2D eigenvalue weighted by molar-refractivity contribution is 9.10. The molecule has 0 saturated heterocycles. The molecule has 2 rings (SSSR count). The number of hydrogen-bond donors (Lipinski definition) is 1. The third-order valence-electron chi connectivity index (χ3n) is 3.22. The van der Waals surface area contributed by atoms with Crippen molar-refractivity contribution in [2.24, 2.45) is 0 Å². The number of carbonyl (C=O) groups excluding carboxylic acids is 2. The molecule has 0 saturated carbocycles. The fraction of sp³-hybridized carbons (Fsp3) is 0.176. The average Bonchev–Trinajstić information content (AvgIpc) is 2.51. The van der Waals surface area contributed by atoms with Gasteiger partial charge in [0.05, 0.1) is 23.7 Å². The van der Waals surface area contributed by atoms with Crippen LogP contribution in [0.3, 0.4) is 0 Å². The van der Waals surface area contributed by atoms with Gasteiger partial charge in [-0.1, -0.05) is 51.8 Å². The van der Waals surface area contributed by atoms with Crippen LogP contribution in [0.4, 0.5) is 5.69 Å². The minimum Gasteiger partial charge on any atom is -0.336 e. The normalized spacial score (nSPS) is 10.2. The lowest BCUT2D eigenvalue weighted by molar-refractivity contribution is -0.132. The maximum Gasteiger partial charge on any atom is 0.244 e. The van der Waals surface area contributed by atoms with Crippen molar-refractivity contribution < 1.29 is 9.59 Å². The maximum atomic E-state index is 12.2. The molecule has 4 nitrogen and oxygen atoms in total. The smallest absolute Gasteiger partial charge is 0.244 e. The molecule has 0 atom stereocenters. The summed E-state index contributed by atoms with van der Waals surface area (Å²) >= 11 is 9.34. The minimum atomic E-state index is -0.287. The first-order valence-electron chi connectivity index (χ1n) is 6.98. The van der Waals surface area contributed by atoms with Gasteiger partial charge in [-0.05, 0) is 29.8 Å². The number of halogens is 2. The number of carbonyl (C=O) groups is 2. The molecule has 1 N–H and O–H groups in total. The van der Waals surface area contributed by atoms with Crippen LogP contribution in [0.2, 0.25) is 5.02 Å². The molecule has 0 heterocycles. The van der Waals surface area contributed by atoms with Crippen LogP contribution in [-0.2, 0) is 16.0 Å². The number of para-hydroxylation sites is 1. The number of benzene rings is 2. The van der Waals surface area contributed by atoms with E-state index in [1.54, 1.807) is 31.3 Å². The Kier molecular flexibility index (Phi) is 6.19. The molecule has 0 radical (unpaired) electrons. The van der Waals surface area contributed by atoms with Crippen LogP contribution in [-0.4, -0.2) is 30.3 Å². The summed E-state index contributed by atoms with van der Waals surface area (Å²) in [5, 5.41) is 3.16. The number of likely N-dealkylation sites (N-methyl/N-ethyl adjacent to an activating group) is 1. The third-order valence-corrected chi connectivity index (χ3v) is 4.08. The van der Waals surface area contributed by atoms with Gasteiger partial charge in [-0.3, -0.25) is 9.59 Å². The highest BCUT2D eigenvalue weighted by atomic mass is 79.9. The van der Waals surface area contributed by atoms with Gasteiger partial charge in [0.25, 0.3) is 0 Å². The van der Waals surface area contributed by atoms with Gasteiger partial charge in [-0.25, -0.2) is 0 Å². The second kappa shape index (κ2) is 8.13. The number of nitrogens with one attached hydrogen (secondary N) is 1. The predicted molar refractivity (Wildman–Crippen MR) is 95.6 cm³/mol. The van der Waals surface area contributed by atoms with E-state index in [-0.39, 0.29) is 24.8 Å². The summed E-state index contributed by atoms with van der Waals surface area (Å²) in [7, 11) is 1.60. The van der Waals surface area contributed by atoms with Crippen molar-refractivity contribution in [1.29, 1.82) is 0 Å². The molecule has 2 aromatic carbocycles. The molecular formula is C17H16BrClN2O2. The van der Waals surface area contributed by atoms with Crippen LogP contribution in [0.5, 0.6) is 0 Å². The van der Waals surface area contributed by atoms with E-state index in [1.165, 1.54) is 4.90 Å². The molecule has 0 aliphatic rings. The molecule has 0 bridgehead atoms. The van der Waals surface area contributed by atoms with Gasteiger partial charge in [0.15, 0.2) is 0 Å². The number of amides is 2. The maximum absolute atomic E-state index is 12.2. The third kappa shape index (κ3) is 5.37. The highest BCUT2D eigenvalue weighted by Crippen LogP contribution is 2.20. The summed E-state index contributed by atoms with van der Waals surface area (Å²) in [6.45, 7) is -0.0272. The van der Waals surface area contributed by atoms with Crippen LogP contribution >= 0.6 is 27.5 Å². The Morgan fingerprint density at radius 3 is 2.43 bits per heavy atom. The van der Waals surface area contributed by atoms with Gasteiger partial charge in [0, 0.05) is 11.5 Å². The number of nitrogens with zero attached hydrogens (tertiary/aromatic N) is 1. The van der Waals surface area contributed by atoms with E-state index >= 15 is 0 Å². The van der Waals surface area contributed by atoms with Crippen molar-refractivity contribution >= 4 is 45.0 Å². The first-order chi connectivity index (χ1) is 11.0. The fourth-order valence-corrected chi connectivity index (χ4v) is 2.42. The van der Waals surface area contributed by atoms with E-state index in [1.807, 2.05) is 24.3 Å². The van der Waals surface area contributed by atoms with Gasteiger partial charge in [-0.2, -0.15) is 0 Å². The Morgan fingerprint density at radius 1 is 1.13 bits per heavy atom. The molecule has 23 heavy (non-hydrogen) atoms. The van der Waals surface area contributed by atoms with E-state index in [0.717, 1.165) is 10.0 Å². The van der Waals surface area contributed by atoms with Crippen molar-refractivity contribution in [2.45, 2.75) is 6.42 Å². The zero-order valence-corrected chi connectivity index (χ0v) is 14.9. The van der Waals surface area contributed by atoms with Crippen molar-refractivity contribution in [1.82, 2.24) is 4.90 Å². The van der Waals surface area contributed by atoms with E-state index in [0.29, 0.717) is 10.7 Å². The molecule has 0 aromatic heterocycles. The Balaban J connectivity index is 1.89. The molecule has 120 valence electrons. The highest BCUT2D eigenvalue weighted by Gasteiger charge is 2.14. The van der Waals surface area contributed by atoms with Crippen LogP contribution in [0.25, 0.3) is 0 Å². The number of rotatable bonds is 5. The lowest BCUT2D eigenvalue weighted by Gasteiger charge is -2.17. The molecule has 0 fully saturated rings. The molecule has 6 heteroatoms. The molecule has 0 aliphatic carbocycles. The summed E-state index contributed by atoms with van der Waals surface area (Å²) in [6.07, 6.45) is 0.253. The zero-order valence-electron chi connectivity index (χ0n) is 12.6. The predicted octanol–water partition coefficient (Wildman–Crippen LogP) is 3.74. The Labute approximate surface area is 148 Å². The van der Waals surface area contributed by atoms with E-state index in [9.17, 15) is 9.59 Å². The molecule has 0 aliphatic heterocycles. The molecule has 2 aromatic rings. The van der Waals surface area contributed by atoms with Gasteiger partial charge in [0.1, 0.15) is 0 Å². The van der Waals surface area contributed by atoms with Gasteiger partial charge in [0.2, 0.25) is 11.8 Å². The number of hydrogen-bond acceptors (Lipinski definition) is 2. The first kappa shape index (κ1) is 17.5. The summed E-state index contributed by atoms with van der Waals surface area (Å²) < 4.78 is 0.959. The first-order valence-corrected chi connectivity index (χ1v) is 8.15. The molecule has 0 spiro atoms. The minimum absolute atomic E-state index is 0.0272. The summed E-state index contributed by atoms with van der Waals surface area (Å²) in [6, 6.07) is 14.5. The van der Waals surface area contributed by atoms with E-state index < -0.39 is 0 Å². The average molecular weight is 396 g/mol. The second-order valence-corrected chi connectivity index (χ2v) is 6.40. The summed E-state index contributed by atoms with van der Waals surface area (Å²) in [5.74, 6) is -0.411. The van der Waals surface area contributed by atoms with Crippen molar-refractivity contribution in [3.05, 3.63) is 63.6 Å². The standard InChI is InChI=1S/C17H16BrClN2O2/c1-21(17(23)10-12-6-8-13(18)9-7-12)11-16(22)20-15-5-3-2-4-14(15)19/h2-9H,10-11H2,1H3,(H,20,22). The monoisotopic (exact) mass is 394 g/mol. The fourth-order valence-electron chi connectivity index (χ4n) is 1.97. The quantitative estimate of drug-likeness (QED) is 0.838. The lowest BCUT2D eigenvalue weighted by atomic mass is 10.1. The summed E-state index contributed by atoms with van der Waals surface area (Å²) in [4.78, 5) is 25.6. The second-order valence-electron chi connectivity index (χ2n) is 5.08. The topological polar surface area (TPSA) is 49.4 Å². The van der Waals surface area contributed by atoms with Crippen LogP contribution < -0.4 is 5.32 Å². The number of anilines is 1. The molecular weight excluding hydrogens is 380 g/mol. The largest absolute Gasteiger partial charge is 0.336 e. The SMILES string of the molecule is CN(CC(=O)Nc1ccccc1Cl)C(=O)Cc1ccc(Br)cc1. The van der Waals surface area contributed by atoms with Crippen LogP contribution in [0.15, 0.2) is 53.0 Å². The van der Waals surface area contributed by atoms with E-state index in [2.05, 4.69) is 21.2 Å². The Bertz CT molecular complexity index is 704. The van der Waals surface area contributed by atoms with E-state index in [4.69, 9.17) is 11.6 Å². The van der Waals surface area contributed by atoms with Gasteiger partial charge >= 0.3 is 0 Å². The molecule has 0 unspecified atom stereocenters. The Morgan fingerprint density at radius 2 is 1.78 bits per heavy atom. The van der Waals surface area contributed by atoms with Gasteiger partial charge in [-0.15, -0.1) is 0 Å². The lowest BCUT2D eigenvalue weighted by Crippen LogP contribution is -2.35. The zero-order chi connectivity index (χ0) is 16.8. The van der Waals surface area contributed by atoms with Crippen molar-refractivity contribution in [2.75, 3.05) is 18.9 Å². The van der Waals surface area contributed by atoms with Crippen LogP contribution in [0.1, 0.15) is 5.56 Å².